The first-order chi connectivity index (χ1) is 16.2. The van der Waals surface area contributed by atoms with Crippen molar-refractivity contribution < 1.29 is 24.3 Å². The van der Waals surface area contributed by atoms with E-state index in [1.165, 1.54) is 4.90 Å². The van der Waals surface area contributed by atoms with Crippen molar-refractivity contribution in [1.82, 2.24) is 20.5 Å². The van der Waals surface area contributed by atoms with Gasteiger partial charge in [0.05, 0.1) is 12.6 Å². The molecule has 1 aromatic carbocycles. The summed E-state index contributed by atoms with van der Waals surface area (Å²) in [6.07, 6.45) is 3.73. The minimum Gasteiger partial charge on any atom is -0.480 e. The predicted octanol–water partition coefficient (Wildman–Crippen LogP) is 0.760. The lowest BCUT2D eigenvalue weighted by Crippen LogP contribution is -2.56. The quantitative estimate of drug-likeness (QED) is 0.344. The van der Waals surface area contributed by atoms with Gasteiger partial charge in [-0.1, -0.05) is 38.5 Å². The zero-order valence-corrected chi connectivity index (χ0v) is 19.5. The number of carboxylic acid groups (broad SMARTS) is 1. The van der Waals surface area contributed by atoms with E-state index in [0.29, 0.717) is 32.2 Å². The Kier molecular flexibility index (Phi) is 8.27. The monoisotopic (exact) mass is 471 g/mol. The second kappa shape index (κ2) is 11.1. The molecular formula is C24H33N5O5. The van der Waals surface area contributed by atoms with Crippen LogP contribution in [0.1, 0.15) is 38.7 Å². The van der Waals surface area contributed by atoms with Crippen molar-refractivity contribution in [3.05, 3.63) is 36.0 Å². The summed E-state index contributed by atoms with van der Waals surface area (Å²) in [6, 6.07) is 5.11. The minimum atomic E-state index is -1.04. The standard InChI is InChI=1S/C24H33N5O5/c1-3-14(2)21(23(32)29-10-6-9-19(29)24(33)34)28-20(30)13-27-22(31)17(25)11-15-12-26-18-8-5-4-7-16(15)18/h4-5,7-8,12,14,17,19,21,26H,3,6,9-11,13,25H2,1-2H3,(H,27,31)(H,28,30)(H,33,34). The van der Waals surface area contributed by atoms with Crippen molar-refractivity contribution in [2.24, 2.45) is 11.7 Å². The molecule has 2 aromatic rings. The van der Waals surface area contributed by atoms with Gasteiger partial charge in [-0.3, -0.25) is 14.4 Å². The summed E-state index contributed by atoms with van der Waals surface area (Å²) in [5.74, 6) is -2.66. The number of carbonyl (C=O) groups excluding carboxylic acids is 3. The molecule has 0 aliphatic carbocycles. The third-order valence-electron chi connectivity index (χ3n) is 6.49. The molecule has 0 radical (unpaired) electrons. The molecule has 1 aliphatic heterocycles. The summed E-state index contributed by atoms with van der Waals surface area (Å²) >= 11 is 0. The van der Waals surface area contributed by atoms with E-state index in [9.17, 15) is 24.3 Å². The largest absolute Gasteiger partial charge is 0.480 e. The number of para-hydroxylation sites is 1. The highest BCUT2D eigenvalue weighted by molar-refractivity contribution is 5.93. The van der Waals surface area contributed by atoms with Crippen LogP contribution < -0.4 is 16.4 Å². The molecule has 4 atom stereocenters. The van der Waals surface area contributed by atoms with Gasteiger partial charge in [-0.2, -0.15) is 0 Å². The molecule has 0 saturated carbocycles. The van der Waals surface area contributed by atoms with Crippen LogP contribution in [0, 0.1) is 5.92 Å². The lowest BCUT2D eigenvalue weighted by atomic mass is 9.97. The van der Waals surface area contributed by atoms with Crippen LogP contribution in [0.4, 0.5) is 0 Å². The van der Waals surface area contributed by atoms with E-state index in [0.717, 1.165) is 16.5 Å². The number of benzene rings is 1. The van der Waals surface area contributed by atoms with Gasteiger partial charge in [0, 0.05) is 23.6 Å². The van der Waals surface area contributed by atoms with Gasteiger partial charge in [-0.15, -0.1) is 0 Å². The number of aromatic amines is 1. The van der Waals surface area contributed by atoms with Crippen LogP contribution in [0.2, 0.25) is 0 Å². The first-order valence-corrected chi connectivity index (χ1v) is 11.6. The molecule has 10 heteroatoms. The molecule has 2 heterocycles. The lowest BCUT2D eigenvalue weighted by Gasteiger charge is -2.30. The highest BCUT2D eigenvalue weighted by Crippen LogP contribution is 2.21. The van der Waals surface area contributed by atoms with Crippen molar-refractivity contribution in [1.29, 1.82) is 0 Å². The SMILES string of the molecule is CCC(C)C(NC(=O)CNC(=O)C(N)Cc1c[nH]c2ccccc12)C(=O)N1CCCC1C(=O)O. The zero-order chi connectivity index (χ0) is 24.8. The molecule has 0 spiro atoms. The van der Waals surface area contributed by atoms with E-state index in [1.807, 2.05) is 44.3 Å². The Balaban J connectivity index is 1.56. The Bertz CT molecular complexity index is 1050. The molecule has 1 aliphatic rings. The van der Waals surface area contributed by atoms with Crippen molar-refractivity contribution in [2.45, 2.75) is 57.7 Å². The van der Waals surface area contributed by atoms with Crippen LogP contribution in [-0.2, 0) is 25.6 Å². The number of aliphatic carboxylic acids is 1. The molecule has 1 fully saturated rings. The Morgan fingerprint density at radius 2 is 2.00 bits per heavy atom. The van der Waals surface area contributed by atoms with Crippen molar-refractivity contribution in [3.63, 3.8) is 0 Å². The van der Waals surface area contributed by atoms with Crippen molar-refractivity contribution in [2.75, 3.05) is 13.1 Å². The highest BCUT2D eigenvalue weighted by Gasteiger charge is 2.39. The summed E-state index contributed by atoms with van der Waals surface area (Å²) in [5, 5.41) is 15.6. The number of amides is 3. The fourth-order valence-corrected chi connectivity index (χ4v) is 4.30. The lowest BCUT2D eigenvalue weighted by molar-refractivity contribution is -0.150. The minimum absolute atomic E-state index is 0.202. The normalized spacial score (nSPS) is 18.3. The Morgan fingerprint density at radius 1 is 1.26 bits per heavy atom. The second-order valence-corrected chi connectivity index (χ2v) is 8.85. The van der Waals surface area contributed by atoms with E-state index >= 15 is 0 Å². The topological polar surface area (TPSA) is 158 Å². The first-order valence-electron chi connectivity index (χ1n) is 11.6. The van der Waals surface area contributed by atoms with Gasteiger partial charge in [0.25, 0.3) is 0 Å². The first kappa shape index (κ1) is 25.2. The molecular weight excluding hydrogens is 438 g/mol. The number of hydrogen-bond donors (Lipinski definition) is 5. The molecule has 3 rings (SSSR count). The summed E-state index contributed by atoms with van der Waals surface area (Å²) in [6.45, 7) is 3.73. The number of fused-ring (bicyclic) bond motifs is 1. The predicted molar refractivity (Wildman–Crippen MR) is 127 cm³/mol. The molecule has 184 valence electrons. The van der Waals surface area contributed by atoms with Crippen molar-refractivity contribution >= 4 is 34.6 Å². The van der Waals surface area contributed by atoms with Gasteiger partial charge in [-0.25, -0.2) is 4.79 Å². The van der Waals surface area contributed by atoms with Gasteiger partial charge < -0.3 is 31.4 Å². The van der Waals surface area contributed by atoms with Gasteiger partial charge in [0.2, 0.25) is 17.7 Å². The summed E-state index contributed by atoms with van der Waals surface area (Å²) < 4.78 is 0. The maximum Gasteiger partial charge on any atom is 0.326 e. The fourth-order valence-electron chi connectivity index (χ4n) is 4.30. The van der Waals surface area contributed by atoms with Crippen LogP contribution in [-0.4, -0.2) is 69.9 Å². The number of nitrogens with two attached hydrogens (primary N) is 1. The number of carboxylic acids is 1. The average Bonchev–Trinajstić information content (AvgIpc) is 3.48. The molecule has 1 saturated heterocycles. The molecule has 1 aromatic heterocycles. The maximum atomic E-state index is 13.1. The van der Waals surface area contributed by atoms with E-state index in [4.69, 9.17) is 5.73 Å². The van der Waals surface area contributed by atoms with Crippen LogP contribution in [0.15, 0.2) is 30.5 Å². The van der Waals surface area contributed by atoms with Crippen LogP contribution >= 0.6 is 0 Å². The van der Waals surface area contributed by atoms with Gasteiger partial charge >= 0.3 is 5.97 Å². The highest BCUT2D eigenvalue weighted by atomic mass is 16.4. The van der Waals surface area contributed by atoms with Crippen LogP contribution in [0.5, 0.6) is 0 Å². The Hall–Kier alpha value is -3.40. The number of carbonyl (C=O) groups is 4. The summed E-state index contributed by atoms with van der Waals surface area (Å²) in [4.78, 5) is 54.1. The summed E-state index contributed by atoms with van der Waals surface area (Å²) in [5.41, 5.74) is 7.92. The number of nitrogens with one attached hydrogen (secondary N) is 3. The molecule has 10 nitrogen and oxygen atoms in total. The number of hydrogen-bond acceptors (Lipinski definition) is 5. The number of likely N-dealkylation sites (tertiary alicyclic amines) is 1. The smallest absolute Gasteiger partial charge is 0.326 e. The molecule has 34 heavy (non-hydrogen) atoms. The van der Waals surface area contributed by atoms with Crippen LogP contribution in [0.25, 0.3) is 10.9 Å². The maximum absolute atomic E-state index is 13.1. The Labute approximate surface area is 198 Å². The molecule has 6 N–H and O–H groups in total. The van der Waals surface area contributed by atoms with E-state index < -0.39 is 41.8 Å². The van der Waals surface area contributed by atoms with Gasteiger partial charge in [0.1, 0.15) is 12.1 Å². The fraction of sp³-hybridized carbons (Fsp3) is 0.500. The van der Waals surface area contributed by atoms with Gasteiger partial charge in [-0.05, 0) is 36.8 Å². The second-order valence-electron chi connectivity index (χ2n) is 8.85. The third-order valence-corrected chi connectivity index (χ3v) is 6.49. The average molecular weight is 472 g/mol. The molecule has 3 amide bonds. The molecule has 4 unspecified atom stereocenters. The molecule has 0 bridgehead atoms. The number of aromatic nitrogens is 1. The van der Waals surface area contributed by atoms with Gasteiger partial charge in [0.15, 0.2) is 0 Å². The van der Waals surface area contributed by atoms with Crippen LogP contribution in [0.3, 0.4) is 0 Å². The third kappa shape index (κ3) is 5.74. The van der Waals surface area contributed by atoms with E-state index in [1.54, 1.807) is 0 Å². The zero-order valence-electron chi connectivity index (χ0n) is 19.5. The number of nitrogens with zero attached hydrogens (tertiary/aromatic N) is 1. The van der Waals surface area contributed by atoms with Crippen molar-refractivity contribution in [3.8, 4) is 0 Å². The number of H-pyrrole nitrogens is 1. The Morgan fingerprint density at radius 3 is 2.71 bits per heavy atom. The van der Waals surface area contributed by atoms with E-state index in [2.05, 4.69) is 15.6 Å². The summed E-state index contributed by atoms with van der Waals surface area (Å²) in [7, 11) is 0. The van der Waals surface area contributed by atoms with E-state index in [-0.39, 0.29) is 12.5 Å². The number of rotatable bonds is 10.